The van der Waals surface area contributed by atoms with Gasteiger partial charge >= 0.3 is 12.1 Å². The standard InChI is InChI=1S/C6H8FN3O2/c1-4(11)2-12-6-9-3-8-5(7)10-6/h3-4,11H,2H2,1H3. The Morgan fingerprint density at radius 1 is 1.67 bits per heavy atom. The summed E-state index contributed by atoms with van der Waals surface area (Å²) in [5, 5.41) is 8.79. The predicted molar refractivity (Wildman–Crippen MR) is 37.0 cm³/mol. The third-order valence-electron chi connectivity index (χ3n) is 0.974. The van der Waals surface area contributed by atoms with Gasteiger partial charge in [-0.1, -0.05) is 0 Å². The van der Waals surface area contributed by atoms with Crippen molar-refractivity contribution < 1.29 is 14.2 Å². The van der Waals surface area contributed by atoms with Gasteiger partial charge < -0.3 is 9.84 Å². The van der Waals surface area contributed by atoms with Gasteiger partial charge in [-0.25, -0.2) is 0 Å². The van der Waals surface area contributed by atoms with Crippen LogP contribution in [0.5, 0.6) is 6.01 Å². The zero-order valence-electron chi connectivity index (χ0n) is 6.44. The minimum absolute atomic E-state index is 0.0312. The summed E-state index contributed by atoms with van der Waals surface area (Å²) < 4.78 is 17.1. The van der Waals surface area contributed by atoms with E-state index in [4.69, 9.17) is 9.84 Å². The van der Waals surface area contributed by atoms with Gasteiger partial charge in [0, 0.05) is 0 Å². The molecule has 1 heterocycles. The topological polar surface area (TPSA) is 68.1 Å². The summed E-state index contributed by atoms with van der Waals surface area (Å²) >= 11 is 0. The Morgan fingerprint density at radius 3 is 3.00 bits per heavy atom. The zero-order valence-corrected chi connectivity index (χ0v) is 6.44. The summed E-state index contributed by atoms with van der Waals surface area (Å²) in [5.74, 6) is 0. The van der Waals surface area contributed by atoms with E-state index in [0.717, 1.165) is 6.33 Å². The van der Waals surface area contributed by atoms with Gasteiger partial charge in [0.2, 0.25) is 0 Å². The van der Waals surface area contributed by atoms with Crippen LogP contribution < -0.4 is 4.74 Å². The largest absolute Gasteiger partial charge is 0.461 e. The van der Waals surface area contributed by atoms with Gasteiger partial charge in [-0.3, -0.25) is 0 Å². The van der Waals surface area contributed by atoms with E-state index < -0.39 is 12.2 Å². The van der Waals surface area contributed by atoms with Crippen molar-refractivity contribution in [2.45, 2.75) is 13.0 Å². The Hall–Kier alpha value is -1.30. The molecule has 0 radical (unpaired) electrons. The average molecular weight is 173 g/mol. The van der Waals surface area contributed by atoms with Crippen LogP contribution in [0.2, 0.25) is 0 Å². The third kappa shape index (κ3) is 2.75. The molecule has 0 spiro atoms. The number of aliphatic hydroxyl groups excluding tert-OH is 1. The molecule has 0 aliphatic heterocycles. The van der Waals surface area contributed by atoms with E-state index in [1.807, 2.05) is 0 Å². The second-order valence-corrected chi connectivity index (χ2v) is 2.20. The quantitative estimate of drug-likeness (QED) is 0.683. The Bertz CT molecular complexity index is 256. The van der Waals surface area contributed by atoms with Crippen molar-refractivity contribution >= 4 is 0 Å². The first-order valence-corrected chi connectivity index (χ1v) is 3.34. The number of aromatic nitrogens is 3. The van der Waals surface area contributed by atoms with Crippen LogP contribution in [0.3, 0.4) is 0 Å². The fourth-order valence-electron chi connectivity index (χ4n) is 0.527. The van der Waals surface area contributed by atoms with E-state index in [1.54, 1.807) is 0 Å². The smallest absolute Gasteiger partial charge is 0.321 e. The number of halogens is 1. The van der Waals surface area contributed by atoms with Crippen molar-refractivity contribution in [3.8, 4) is 6.01 Å². The second-order valence-electron chi connectivity index (χ2n) is 2.20. The molecule has 1 N–H and O–H groups in total. The van der Waals surface area contributed by atoms with Crippen LogP contribution in [-0.4, -0.2) is 32.8 Å². The van der Waals surface area contributed by atoms with Gasteiger partial charge in [0.1, 0.15) is 12.9 Å². The first kappa shape index (κ1) is 8.79. The minimum Gasteiger partial charge on any atom is -0.461 e. The van der Waals surface area contributed by atoms with Gasteiger partial charge in [-0.05, 0) is 6.92 Å². The predicted octanol–water partition coefficient (Wildman–Crippen LogP) is -0.230. The SMILES string of the molecule is CC(O)COc1ncnc(F)n1. The van der Waals surface area contributed by atoms with E-state index in [0.29, 0.717) is 0 Å². The molecular formula is C6H8FN3O2. The fourth-order valence-corrected chi connectivity index (χ4v) is 0.527. The van der Waals surface area contributed by atoms with Crippen LogP contribution >= 0.6 is 0 Å². The Balaban J connectivity index is 2.52. The fraction of sp³-hybridized carbons (Fsp3) is 0.500. The molecule has 66 valence electrons. The Morgan fingerprint density at radius 2 is 2.42 bits per heavy atom. The lowest BCUT2D eigenvalue weighted by Gasteiger charge is -2.04. The molecule has 5 nitrogen and oxygen atoms in total. The summed E-state index contributed by atoms with van der Waals surface area (Å²) in [6.07, 6.45) is -0.532. The van der Waals surface area contributed by atoms with Crippen molar-refractivity contribution in [3.63, 3.8) is 0 Å². The van der Waals surface area contributed by atoms with E-state index in [-0.39, 0.29) is 12.6 Å². The molecule has 1 aromatic rings. The average Bonchev–Trinajstić information content (AvgIpc) is 2.01. The van der Waals surface area contributed by atoms with Crippen molar-refractivity contribution in [1.29, 1.82) is 0 Å². The molecule has 1 rings (SSSR count). The van der Waals surface area contributed by atoms with E-state index in [1.165, 1.54) is 6.92 Å². The van der Waals surface area contributed by atoms with Crippen LogP contribution in [-0.2, 0) is 0 Å². The van der Waals surface area contributed by atoms with Gasteiger partial charge in [-0.2, -0.15) is 14.4 Å². The molecule has 0 saturated heterocycles. The molecule has 0 aliphatic carbocycles. The summed E-state index contributed by atoms with van der Waals surface area (Å²) in [7, 11) is 0. The normalized spacial score (nSPS) is 12.6. The van der Waals surface area contributed by atoms with Gasteiger partial charge in [-0.15, -0.1) is 4.98 Å². The molecular weight excluding hydrogens is 165 g/mol. The highest BCUT2D eigenvalue weighted by Gasteiger charge is 2.01. The van der Waals surface area contributed by atoms with Crippen molar-refractivity contribution in [2.75, 3.05) is 6.61 Å². The lowest BCUT2D eigenvalue weighted by atomic mass is 10.4. The molecule has 1 atom stereocenters. The van der Waals surface area contributed by atoms with Crippen LogP contribution in [0.15, 0.2) is 6.33 Å². The van der Waals surface area contributed by atoms with Crippen LogP contribution in [0.1, 0.15) is 6.92 Å². The molecule has 0 saturated carbocycles. The number of aliphatic hydroxyl groups is 1. The van der Waals surface area contributed by atoms with Crippen molar-refractivity contribution in [2.24, 2.45) is 0 Å². The summed E-state index contributed by atoms with van der Waals surface area (Å²) in [4.78, 5) is 9.87. The summed E-state index contributed by atoms with van der Waals surface area (Å²) in [5.41, 5.74) is 0. The Labute approximate surface area is 68.3 Å². The van der Waals surface area contributed by atoms with E-state index in [2.05, 4.69) is 15.0 Å². The molecule has 12 heavy (non-hydrogen) atoms. The van der Waals surface area contributed by atoms with Gasteiger partial charge in [0.25, 0.3) is 0 Å². The number of ether oxygens (including phenoxy) is 1. The maximum absolute atomic E-state index is 12.3. The highest BCUT2D eigenvalue weighted by molar-refractivity contribution is 4.88. The molecule has 1 unspecified atom stereocenters. The summed E-state index contributed by atoms with van der Waals surface area (Å²) in [6, 6.07) is -0.122. The first-order chi connectivity index (χ1) is 5.68. The summed E-state index contributed by atoms with van der Waals surface area (Å²) in [6.45, 7) is 1.57. The lowest BCUT2D eigenvalue weighted by Crippen LogP contribution is -2.14. The molecule has 0 fully saturated rings. The van der Waals surface area contributed by atoms with Crippen LogP contribution in [0.25, 0.3) is 0 Å². The van der Waals surface area contributed by atoms with Gasteiger partial charge in [0.05, 0.1) is 6.10 Å². The first-order valence-electron chi connectivity index (χ1n) is 3.34. The molecule has 0 amide bonds. The van der Waals surface area contributed by atoms with Crippen LogP contribution in [0.4, 0.5) is 4.39 Å². The maximum atomic E-state index is 12.3. The lowest BCUT2D eigenvalue weighted by molar-refractivity contribution is 0.115. The molecule has 6 heteroatoms. The number of nitrogens with zero attached hydrogens (tertiary/aromatic N) is 3. The highest BCUT2D eigenvalue weighted by Crippen LogP contribution is 1.99. The zero-order chi connectivity index (χ0) is 8.97. The Kier molecular flexibility index (Phi) is 2.87. The number of hydrogen-bond donors (Lipinski definition) is 1. The molecule has 0 aromatic carbocycles. The molecule has 0 aliphatic rings. The van der Waals surface area contributed by atoms with E-state index >= 15 is 0 Å². The molecule has 1 aromatic heterocycles. The maximum Gasteiger partial charge on any atom is 0.321 e. The monoisotopic (exact) mass is 173 g/mol. The number of rotatable bonds is 3. The second kappa shape index (κ2) is 3.91. The van der Waals surface area contributed by atoms with Crippen molar-refractivity contribution in [3.05, 3.63) is 12.4 Å². The molecule has 0 bridgehead atoms. The minimum atomic E-state index is -0.898. The van der Waals surface area contributed by atoms with Gasteiger partial charge in [0.15, 0.2) is 0 Å². The van der Waals surface area contributed by atoms with Crippen molar-refractivity contribution in [1.82, 2.24) is 15.0 Å². The highest BCUT2D eigenvalue weighted by atomic mass is 19.1. The third-order valence-corrected chi connectivity index (χ3v) is 0.974. The van der Waals surface area contributed by atoms with Crippen LogP contribution in [0, 0.1) is 6.08 Å². The van der Waals surface area contributed by atoms with E-state index in [9.17, 15) is 4.39 Å². The number of hydrogen-bond acceptors (Lipinski definition) is 5.